The van der Waals surface area contributed by atoms with Gasteiger partial charge in [-0.3, -0.25) is 19.2 Å². The number of rotatable bonds is 9. The minimum Gasteiger partial charge on any atom is -0.463 e. The number of hydrogen-bond acceptors (Lipinski definition) is 10. The highest BCUT2D eigenvalue weighted by Gasteiger charge is 2.51. The molecule has 2 saturated heterocycles. The lowest BCUT2D eigenvalue weighted by molar-refractivity contribution is -0.253. The summed E-state index contributed by atoms with van der Waals surface area (Å²) < 4.78 is 32.4. The number of epoxide rings is 1. The Morgan fingerprint density at radius 2 is 1.28 bits per heavy atom. The summed E-state index contributed by atoms with van der Waals surface area (Å²) >= 11 is 0. The fourth-order valence-electron chi connectivity index (χ4n) is 3.33. The first kappa shape index (κ1) is 23.1. The number of hydrogen-bond donors (Lipinski definition) is 0. The third kappa shape index (κ3) is 7.62. The predicted molar refractivity (Wildman–Crippen MR) is 95.5 cm³/mol. The highest BCUT2D eigenvalue weighted by atomic mass is 16.7. The molecule has 29 heavy (non-hydrogen) atoms. The van der Waals surface area contributed by atoms with E-state index in [9.17, 15) is 19.2 Å². The molecule has 2 rings (SSSR count). The van der Waals surface area contributed by atoms with Crippen LogP contribution in [0.4, 0.5) is 0 Å². The molecule has 0 aromatic carbocycles. The third-order valence-electron chi connectivity index (χ3n) is 4.50. The van der Waals surface area contributed by atoms with E-state index < -0.39 is 54.4 Å². The lowest BCUT2D eigenvalue weighted by Crippen LogP contribution is -2.62. The topological polar surface area (TPSA) is 127 Å². The molecule has 10 heteroatoms. The lowest BCUT2D eigenvalue weighted by atomic mass is 9.91. The van der Waals surface area contributed by atoms with E-state index in [0.29, 0.717) is 6.42 Å². The summed E-state index contributed by atoms with van der Waals surface area (Å²) in [5.74, 6) is -2.41. The van der Waals surface area contributed by atoms with Gasteiger partial charge in [-0.25, -0.2) is 0 Å². The molecule has 2 fully saturated rings. The molecular weight excluding hydrogens is 388 g/mol. The predicted octanol–water partition coefficient (Wildman–Crippen LogP) is 0.681. The molecule has 164 valence electrons. The van der Waals surface area contributed by atoms with E-state index in [1.54, 1.807) is 0 Å². The van der Waals surface area contributed by atoms with Crippen LogP contribution in [0.2, 0.25) is 0 Å². The molecule has 0 spiro atoms. The van der Waals surface area contributed by atoms with Crippen molar-refractivity contribution in [3.05, 3.63) is 0 Å². The van der Waals surface area contributed by atoms with Crippen LogP contribution in [-0.4, -0.2) is 73.7 Å². The van der Waals surface area contributed by atoms with Gasteiger partial charge in [-0.2, -0.15) is 0 Å². The van der Waals surface area contributed by atoms with E-state index in [1.165, 1.54) is 27.7 Å². The van der Waals surface area contributed by atoms with Gasteiger partial charge in [-0.1, -0.05) is 0 Å². The Balaban J connectivity index is 2.26. The van der Waals surface area contributed by atoms with E-state index in [-0.39, 0.29) is 12.7 Å². The van der Waals surface area contributed by atoms with Crippen LogP contribution in [0.5, 0.6) is 0 Å². The molecule has 2 aliphatic rings. The Hall–Kier alpha value is -2.20. The van der Waals surface area contributed by atoms with Gasteiger partial charge in [0.05, 0.1) is 18.8 Å². The van der Waals surface area contributed by atoms with Gasteiger partial charge < -0.3 is 28.4 Å². The molecular formula is C19H28O10. The van der Waals surface area contributed by atoms with E-state index in [4.69, 9.17) is 28.4 Å². The zero-order valence-corrected chi connectivity index (χ0v) is 17.1. The van der Waals surface area contributed by atoms with Gasteiger partial charge in [-0.15, -0.1) is 0 Å². The van der Waals surface area contributed by atoms with Gasteiger partial charge in [0, 0.05) is 27.7 Å². The second kappa shape index (κ2) is 10.5. The van der Waals surface area contributed by atoms with Crippen LogP contribution in [0.15, 0.2) is 0 Å². The van der Waals surface area contributed by atoms with Crippen molar-refractivity contribution < 1.29 is 47.6 Å². The van der Waals surface area contributed by atoms with Crippen molar-refractivity contribution in [3.63, 3.8) is 0 Å². The first-order valence-electron chi connectivity index (χ1n) is 9.59. The van der Waals surface area contributed by atoms with Crippen molar-refractivity contribution in [1.82, 2.24) is 0 Å². The van der Waals surface area contributed by atoms with E-state index in [2.05, 4.69) is 0 Å². The van der Waals surface area contributed by atoms with Crippen molar-refractivity contribution in [3.8, 4) is 0 Å². The summed E-state index contributed by atoms with van der Waals surface area (Å²) in [5, 5.41) is 0. The fraction of sp³-hybridized carbons (Fsp3) is 0.789. The Kier molecular flexibility index (Phi) is 8.39. The lowest BCUT2D eigenvalue weighted by Gasteiger charge is -2.44. The molecule has 2 aliphatic heterocycles. The maximum atomic E-state index is 11.7. The zero-order valence-electron chi connectivity index (χ0n) is 17.1. The number of ether oxygens (including phenoxy) is 6. The summed E-state index contributed by atoms with van der Waals surface area (Å²) in [6.07, 6.45) is -2.48. The molecule has 1 unspecified atom stereocenters. The quantitative estimate of drug-likeness (QED) is 0.301. The molecule has 2 heterocycles. The summed E-state index contributed by atoms with van der Waals surface area (Å²) in [4.78, 5) is 46.3. The highest BCUT2D eigenvalue weighted by Crippen LogP contribution is 2.32. The van der Waals surface area contributed by atoms with Crippen molar-refractivity contribution in [2.24, 2.45) is 0 Å². The van der Waals surface area contributed by atoms with Crippen molar-refractivity contribution in [2.75, 3.05) is 13.2 Å². The second-order valence-corrected chi connectivity index (χ2v) is 7.12. The zero-order chi connectivity index (χ0) is 21.6. The van der Waals surface area contributed by atoms with Gasteiger partial charge in [0.25, 0.3) is 0 Å². The molecule has 10 nitrogen and oxygen atoms in total. The van der Waals surface area contributed by atoms with Gasteiger partial charge in [0.15, 0.2) is 18.3 Å². The van der Waals surface area contributed by atoms with Crippen LogP contribution >= 0.6 is 0 Å². The van der Waals surface area contributed by atoms with Gasteiger partial charge in [0.1, 0.15) is 12.7 Å². The van der Waals surface area contributed by atoms with Crippen LogP contribution in [0.25, 0.3) is 0 Å². The fourth-order valence-corrected chi connectivity index (χ4v) is 3.33. The normalized spacial score (nSPS) is 30.8. The van der Waals surface area contributed by atoms with Crippen LogP contribution in [0, 0.1) is 0 Å². The third-order valence-corrected chi connectivity index (χ3v) is 4.50. The standard InChI is InChI=1S/C19H28O10/c1-10(20)24-9-16-18(27-12(3)22)19(28-13(4)23)17(26-11(2)21)15(29-16)7-5-6-14-8-25-14/h14-19H,5-9H2,1-4H3/t14?,15-,16+,17-,18+,19+/m0/s1. The Morgan fingerprint density at radius 1 is 0.759 bits per heavy atom. The van der Waals surface area contributed by atoms with Crippen molar-refractivity contribution >= 4 is 23.9 Å². The summed E-state index contributed by atoms with van der Waals surface area (Å²) in [6.45, 7) is 5.37. The average molecular weight is 416 g/mol. The molecule has 0 saturated carbocycles. The largest absolute Gasteiger partial charge is 0.463 e. The molecule has 0 radical (unpaired) electrons. The minimum absolute atomic E-state index is 0.208. The van der Waals surface area contributed by atoms with E-state index in [0.717, 1.165) is 19.4 Å². The SMILES string of the molecule is CC(=O)OC[C@H]1O[C@@H](CCCC2CO2)[C@H](OC(C)=O)[C@@H](OC(C)=O)[C@@H]1OC(C)=O. The smallest absolute Gasteiger partial charge is 0.303 e. The number of carbonyl (C=O) groups excluding carboxylic acids is 4. The van der Waals surface area contributed by atoms with E-state index in [1.807, 2.05) is 0 Å². The van der Waals surface area contributed by atoms with Crippen LogP contribution in [0.3, 0.4) is 0 Å². The Bertz CT molecular complexity index is 614. The van der Waals surface area contributed by atoms with Crippen molar-refractivity contribution in [1.29, 1.82) is 0 Å². The van der Waals surface area contributed by atoms with Crippen LogP contribution in [-0.2, 0) is 47.6 Å². The van der Waals surface area contributed by atoms with Crippen LogP contribution < -0.4 is 0 Å². The molecule has 0 aliphatic carbocycles. The molecule has 0 N–H and O–H groups in total. The first-order valence-corrected chi connectivity index (χ1v) is 9.59. The van der Waals surface area contributed by atoms with Crippen molar-refractivity contribution in [2.45, 2.75) is 83.6 Å². The number of esters is 4. The first-order chi connectivity index (χ1) is 13.7. The average Bonchev–Trinajstić information content (AvgIpc) is 3.41. The number of carbonyl (C=O) groups is 4. The molecule has 6 atom stereocenters. The molecule has 0 aromatic heterocycles. The summed E-state index contributed by atoms with van der Waals surface area (Å²) in [5.41, 5.74) is 0. The maximum Gasteiger partial charge on any atom is 0.303 e. The second-order valence-electron chi connectivity index (χ2n) is 7.12. The molecule has 0 amide bonds. The van der Waals surface area contributed by atoms with Gasteiger partial charge in [-0.05, 0) is 19.3 Å². The Morgan fingerprint density at radius 3 is 1.76 bits per heavy atom. The van der Waals surface area contributed by atoms with E-state index >= 15 is 0 Å². The monoisotopic (exact) mass is 416 g/mol. The summed E-state index contributed by atoms with van der Waals surface area (Å²) in [7, 11) is 0. The maximum absolute atomic E-state index is 11.7. The Labute approximate surface area is 169 Å². The molecule has 0 aromatic rings. The summed E-state index contributed by atoms with van der Waals surface area (Å²) in [6, 6.07) is 0. The van der Waals surface area contributed by atoms with Crippen LogP contribution in [0.1, 0.15) is 47.0 Å². The van der Waals surface area contributed by atoms with Gasteiger partial charge >= 0.3 is 23.9 Å². The molecule has 0 bridgehead atoms. The highest BCUT2D eigenvalue weighted by molar-refractivity contribution is 5.68. The van der Waals surface area contributed by atoms with Gasteiger partial charge in [0.2, 0.25) is 0 Å². The minimum atomic E-state index is -1.11.